The van der Waals surface area contributed by atoms with Crippen molar-refractivity contribution in [1.82, 2.24) is 9.80 Å². The van der Waals surface area contributed by atoms with Gasteiger partial charge in [0.2, 0.25) is 0 Å². The molecule has 1 aliphatic heterocycles. The Balaban J connectivity index is 1.48. The van der Waals surface area contributed by atoms with E-state index >= 15 is 0 Å². The first-order valence-electron chi connectivity index (χ1n) is 7.68. The summed E-state index contributed by atoms with van der Waals surface area (Å²) in [6.45, 7) is 4.59. The van der Waals surface area contributed by atoms with Crippen LogP contribution in [0.3, 0.4) is 0 Å². The minimum Gasteiger partial charge on any atom is -0.392 e. The molecule has 0 bridgehead atoms. The molecule has 0 radical (unpaired) electrons. The van der Waals surface area contributed by atoms with E-state index < -0.39 is 5.82 Å². The number of hydrogen-bond donors (Lipinski definition) is 1. The number of β-amino-alcohol motifs (C(OH)–C–C–N with tert-alkyl or cyclic N) is 1. The molecule has 1 aliphatic carbocycles. The van der Waals surface area contributed by atoms with Gasteiger partial charge in [0, 0.05) is 44.8 Å². The van der Waals surface area contributed by atoms with Crippen molar-refractivity contribution in [2.45, 2.75) is 25.5 Å². The zero-order valence-corrected chi connectivity index (χ0v) is 12.1. The molecular formula is C16H22F2N2O. The fraction of sp³-hybridized carbons (Fsp3) is 0.625. The smallest absolute Gasteiger partial charge is 0.127 e. The molecule has 1 atom stereocenters. The Hall–Kier alpha value is -1.04. The monoisotopic (exact) mass is 296 g/mol. The van der Waals surface area contributed by atoms with E-state index in [1.54, 1.807) is 0 Å². The summed E-state index contributed by atoms with van der Waals surface area (Å²) in [5.74, 6) is -0.231. The summed E-state index contributed by atoms with van der Waals surface area (Å²) in [4.78, 5) is 4.40. The van der Waals surface area contributed by atoms with Crippen LogP contribution in [-0.2, 0) is 6.54 Å². The van der Waals surface area contributed by atoms with Gasteiger partial charge >= 0.3 is 0 Å². The van der Waals surface area contributed by atoms with Gasteiger partial charge in [0.25, 0.3) is 0 Å². The molecule has 2 aliphatic rings. The Morgan fingerprint density at radius 2 is 1.76 bits per heavy atom. The predicted octanol–water partition coefficient (Wildman–Crippen LogP) is 1.85. The summed E-state index contributed by atoms with van der Waals surface area (Å²) in [6, 6.07) is 3.61. The molecule has 1 saturated carbocycles. The van der Waals surface area contributed by atoms with Gasteiger partial charge in [-0.3, -0.25) is 9.80 Å². The van der Waals surface area contributed by atoms with Crippen LogP contribution in [0.25, 0.3) is 0 Å². The van der Waals surface area contributed by atoms with Crippen molar-refractivity contribution in [3.05, 3.63) is 35.4 Å². The Kier molecular flexibility index (Phi) is 4.52. The minimum absolute atomic E-state index is 0.197. The summed E-state index contributed by atoms with van der Waals surface area (Å²) < 4.78 is 26.8. The third-order valence-corrected chi connectivity index (χ3v) is 4.48. The van der Waals surface area contributed by atoms with Crippen LogP contribution in [0.2, 0.25) is 0 Å². The minimum atomic E-state index is -0.391. The van der Waals surface area contributed by atoms with Crippen molar-refractivity contribution in [2.24, 2.45) is 5.92 Å². The third kappa shape index (κ3) is 3.99. The van der Waals surface area contributed by atoms with Crippen molar-refractivity contribution in [1.29, 1.82) is 0 Å². The molecule has 5 heteroatoms. The predicted molar refractivity (Wildman–Crippen MR) is 76.8 cm³/mol. The highest BCUT2D eigenvalue weighted by molar-refractivity contribution is 5.18. The number of nitrogens with zero attached hydrogens (tertiary/aromatic N) is 2. The van der Waals surface area contributed by atoms with Crippen molar-refractivity contribution in [2.75, 3.05) is 32.7 Å². The van der Waals surface area contributed by atoms with Crippen molar-refractivity contribution in [3.63, 3.8) is 0 Å². The van der Waals surface area contributed by atoms with E-state index in [1.165, 1.54) is 12.1 Å². The molecule has 1 heterocycles. The normalized spacial score (nSPS) is 22.4. The van der Waals surface area contributed by atoms with Crippen LogP contribution in [0.4, 0.5) is 8.78 Å². The maximum absolute atomic E-state index is 13.6. The number of rotatable bonds is 5. The Morgan fingerprint density at radius 1 is 1.10 bits per heavy atom. The number of aliphatic hydroxyl groups excluding tert-OH is 1. The average Bonchev–Trinajstić information content (AvgIpc) is 3.29. The zero-order chi connectivity index (χ0) is 14.8. The number of hydrogen-bond acceptors (Lipinski definition) is 3. The maximum atomic E-state index is 13.6. The fourth-order valence-corrected chi connectivity index (χ4v) is 2.93. The van der Waals surface area contributed by atoms with E-state index in [0.717, 1.165) is 51.6 Å². The first-order valence-corrected chi connectivity index (χ1v) is 7.68. The van der Waals surface area contributed by atoms with Crippen molar-refractivity contribution in [3.8, 4) is 0 Å². The number of piperazine rings is 1. The first-order chi connectivity index (χ1) is 10.1. The van der Waals surface area contributed by atoms with Crippen LogP contribution in [0.15, 0.2) is 18.2 Å². The van der Waals surface area contributed by atoms with E-state index in [0.29, 0.717) is 18.0 Å². The van der Waals surface area contributed by atoms with Gasteiger partial charge in [0.15, 0.2) is 0 Å². The number of halogens is 2. The topological polar surface area (TPSA) is 26.7 Å². The lowest BCUT2D eigenvalue weighted by Gasteiger charge is -2.35. The van der Waals surface area contributed by atoms with Crippen LogP contribution >= 0.6 is 0 Å². The highest BCUT2D eigenvalue weighted by Gasteiger charge is 2.31. The second kappa shape index (κ2) is 6.38. The highest BCUT2D eigenvalue weighted by atomic mass is 19.1. The summed E-state index contributed by atoms with van der Waals surface area (Å²) >= 11 is 0. The van der Waals surface area contributed by atoms with Crippen LogP contribution in [-0.4, -0.2) is 53.7 Å². The second-order valence-electron chi connectivity index (χ2n) is 6.22. The van der Waals surface area contributed by atoms with Gasteiger partial charge in [-0.15, -0.1) is 0 Å². The van der Waals surface area contributed by atoms with Gasteiger partial charge in [-0.05, 0) is 37.0 Å². The Morgan fingerprint density at radius 3 is 2.43 bits per heavy atom. The third-order valence-electron chi connectivity index (χ3n) is 4.48. The number of aliphatic hydroxyl groups is 1. The van der Waals surface area contributed by atoms with Gasteiger partial charge in [-0.2, -0.15) is 0 Å². The second-order valence-corrected chi connectivity index (χ2v) is 6.22. The first kappa shape index (κ1) is 14.9. The van der Waals surface area contributed by atoms with Crippen molar-refractivity contribution < 1.29 is 13.9 Å². The molecule has 3 rings (SSSR count). The molecule has 2 fully saturated rings. The maximum Gasteiger partial charge on any atom is 0.127 e. The van der Waals surface area contributed by atoms with Gasteiger partial charge in [0.05, 0.1) is 6.10 Å². The van der Waals surface area contributed by atoms with E-state index in [1.807, 2.05) is 0 Å². The summed E-state index contributed by atoms with van der Waals surface area (Å²) in [5.41, 5.74) is 0.418. The summed E-state index contributed by atoms with van der Waals surface area (Å²) in [7, 11) is 0. The lowest BCUT2D eigenvalue weighted by molar-refractivity contribution is 0.0599. The summed E-state index contributed by atoms with van der Waals surface area (Å²) in [5, 5.41) is 9.96. The van der Waals surface area contributed by atoms with Crippen LogP contribution < -0.4 is 0 Å². The molecule has 1 unspecified atom stereocenters. The van der Waals surface area contributed by atoms with E-state index in [9.17, 15) is 13.9 Å². The van der Waals surface area contributed by atoms with Gasteiger partial charge in [-0.25, -0.2) is 8.78 Å². The Labute approximate surface area is 124 Å². The van der Waals surface area contributed by atoms with Crippen LogP contribution in [0.1, 0.15) is 18.4 Å². The molecule has 21 heavy (non-hydrogen) atoms. The van der Waals surface area contributed by atoms with Gasteiger partial charge in [-0.1, -0.05) is 0 Å². The van der Waals surface area contributed by atoms with E-state index in [-0.39, 0.29) is 11.9 Å². The molecule has 3 nitrogen and oxygen atoms in total. The summed E-state index contributed by atoms with van der Waals surface area (Å²) in [6.07, 6.45) is 2.11. The highest BCUT2D eigenvalue weighted by Crippen LogP contribution is 2.32. The molecule has 0 spiro atoms. The molecule has 1 saturated heterocycles. The largest absolute Gasteiger partial charge is 0.392 e. The van der Waals surface area contributed by atoms with Gasteiger partial charge in [0.1, 0.15) is 11.6 Å². The van der Waals surface area contributed by atoms with Crippen LogP contribution in [0.5, 0.6) is 0 Å². The lowest BCUT2D eigenvalue weighted by atomic mass is 10.1. The van der Waals surface area contributed by atoms with Gasteiger partial charge < -0.3 is 5.11 Å². The Bertz CT molecular complexity index is 485. The quantitative estimate of drug-likeness (QED) is 0.898. The molecule has 1 aromatic rings. The molecule has 116 valence electrons. The fourth-order valence-electron chi connectivity index (χ4n) is 2.93. The SMILES string of the molecule is OC(CN1CCN(Cc2cc(F)ccc2F)CC1)C1CC1. The number of benzene rings is 1. The molecule has 1 aromatic carbocycles. The van der Waals surface area contributed by atoms with E-state index in [2.05, 4.69) is 9.80 Å². The molecular weight excluding hydrogens is 274 g/mol. The lowest BCUT2D eigenvalue weighted by Crippen LogP contribution is -2.48. The zero-order valence-electron chi connectivity index (χ0n) is 12.1. The molecule has 0 amide bonds. The average molecular weight is 296 g/mol. The molecule has 0 aromatic heterocycles. The van der Waals surface area contributed by atoms with Crippen LogP contribution in [0, 0.1) is 17.6 Å². The standard InChI is InChI=1S/C16H22F2N2O/c17-14-3-4-15(18)13(9-14)10-19-5-7-20(8-6-19)11-16(21)12-1-2-12/h3-4,9,12,16,21H,1-2,5-8,10-11H2. The molecule has 1 N–H and O–H groups in total. The van der Waals surface area contributed by atoms with Crippen molar-refractivity contribution >= 4 is 0 Å². The van der Waals surface area contributed by atoms with E-state index in [4.69, 9.17) is 0 Å².